The Hall–Kier alpha value is -2.91. The van der Waals surface area contributed by atoms with E-state index in [0.29, 0.717) is 42.4 Å². The zero-order chi connectivity index (χ0) is 19.9. The maximum absolute atomic E-state index is 12.9. The number of sulfonamides is 1. The lowest BCUT2D eigenvalue weighted by molar-refractivity contribution is 0.385. The van der Waals surface area contributed by atoms with E-state index in [4.69, 9.17) is 11.5 Å². The third-order valence-electron chi connectivity index (χ3n) is 4.95. The highest BCUT2D eigenvalue weighted by Crippen LogP contribution is 2.31. The molecular weight excluding hydrogens is 376 g/mol. The quantitative estimate of drug-likeness (QED) is 0.688. The van der Waals surface area contributed by atoms with Crippen molar-refractivity contribution in [1.82, 2.24) is 14.3 Å². The van der Waals surface area contributed by atoms with Crippen LogP contribution >= 0.6 is 0 Å². The number of hydrogen-bond donors (Lipinski definition) is 2. The summed E-state index contributed by atoms with van der Waals surface area (Å²) in [7, 11) is -3.51. The van der Waals surface area contributed by atoms with Gasteiger partial charge in [-0.1, -0.05) is 18.2 Å². The minimum atomic E-state index is -3.51. The van der Waals surface area contributed by atoms with Gasteiger partial charge < -0.3 is 16.4 Å². The maximum atomic E-state index is 12.9. The number of nitrogens with two attached hydrogens (primary N) is 2. The van der Waals surface area contributed by atoms with Gasteiger partial charge in [0.15, 0.2) is 0 Å². The molecule has 0 radical (unpaired) electrons. The van der Waals surface area contributed by atoms with Crippen molar-refractivity contribution in [2.45, 2.75) is 11.8 Å². The average molecular weight is 398 g/mol. The summed E-state index contributed by atoms with van der Waals surface area (Å²) in [6.07, 6.45) is 0. The number of hydrogen-bond acceptors (Lipinski definition) is 7. The zero-order valence-electron chi connectivity index (χ0n) is 15.5. The maximum Gasteiger partial charge on any atom is 0.243 e. The predicted octanol–water partition coefficient (Wildman–Crippen LogP) is 1.61. The molecule has 28 heavy (non-hydrogen) atoms. The Labute approximate surface area is 163 Å². The Balaban J connectivity index is 1.59. The van der Waals surface area contributed by atoms with Gasteiger partial charge in [-0.25, -0.2) is 13.4 Å². The molecule has 146 valence electrons. The molecule has 1 saturated heterocycles. The van der Waals surface area contributed by atoms with Crippen molar-refractivity contribution in [1.29, 1.82) is 0 Å². The first-order chi connectivity index (χ1) is 13.4. The molecule has 8 nitrogen and oxygen atoms in total. The van der Waals surface area contributed by atoms with Crippen molar-refractivity contribution in [2.75, 3.05) is 42.5 Å². The lowest BCUT2D eigenvalue weighted by atomic mass is 10.1. The normalized spacial score (nSPS) is 15.8. The van der Waals surface area contributed by atoms with E-state index in [9.17, 15) is 8.42 Å². The van der Waals surface area contributed by atoms with Crippen molar-refractivity contribution < 1.29 is 8.42 Å². The molecule has 0 atom stereocenters. The number of anilines is 3. The van der Waals surface area contributed by atoms with Gasteiger partial charge in [-0.3, -0.25) is 0 Å². The molecule has 1 aromatic heterocycles. The second kappa shape index (κ2) is 6.92. The van der Waals surface area contributed by atoms with Crippen molar-refractivity contribution in [3.8, 4) is 0 Å². The van der Waals surface area contributed by atoms with Gasteiger partial charge in [0.2, 0.25) is 16.0 Å². The Morgan fingerprint density at radius 1 is 0.964 bits per heavy atom. The van der Waals surface area contributed by atoms with Crippen LogP contribution in [0.15, 0.2) is 47.4 Å². The number of rotatable bonds is 3. The molecule has 0 bridgehead atoms. The molecule has 1 aliphatic heterocycles. The summed E-state index contributed by atoms with van der Waals surface area (Å²) in [5.41, 5.74) is 14.3. The second-order valence-electron chi connectivity index (χ2n) is 6.85. The summed E-state index contributed by atoms with van der Waals surface area (Å²) in [5, 5.41) is 0.742. The van der Waals surface area contributed by atoms with Gasteiger partial charge in [-0.2, -0.15) is 9.29 Å². The monoisotopic (exact) mass is 398 g/mol. The Morgan fingerprint density at radius 2 is 1.68 bits per heavy atom. The predicted molar refractivity (Wildman–Crippen MR) is 111 cm³/mol. The molecule has 1 aliphatic rings. The van der Waals surface area contributed by atoms with Crippen molar-refractivity contribution >= 4 is 38.4 Å². The lowest BCUT2D eigenvalue weighted by Crippen LogP contribution is -2.48. The molecular formula is C19H22N6O2S. The number of benzene rings is 2. The van der Waals surface area contributed by atoms with Crippen LogP contribution in [0.1, 0.15) is 5.56 Å². The molecule has 0 amide bonds. The number of piperazine rings is 1. The highest BCUT2D eigenvalue weighted by atomic mass is 32.2. The summed E-state index contributed by atoms with van der Waals surface area (Å²) in [6.45, 7) is 3.77. The molecule has 0 aliphatic carbocycles. The van der Waals surface area contributed by atoms with Crippen LogP contribution in [0.3, 0.4) is 0 Å². The summed E-state index contributed by atoms with van der Waals surface area (Å²) in [4.78, 5) is 10.8. The molecule has 4 rings (SSSR count). The van der Waals surface area contributed by atoms with Crippen molar-refractivity contribution in [3.05, 3.63) is 48.0 Å². The van der Waals surface area contributed by atoms with E-state index in [1.54, 1.807) is 18.2 Å². The number of aryl methyl sites for hydroxylation is 1. The molecule has 2 aromatic carbocycles. The fraction of sp³-hybridized carbons (Fsp3) is 0.263. The number of fused-ring (bicyclic) bond motifs is 1. The van der Waals surface area contributed by atoms with E-state index < -0.39 is 10.0 Å². The van der Waals surface area contributed by atoms with Crippen molar-refractivity contribution in [3.63, 3.8) is 0 Å². The summed E-state index contributed by atoms with van der Waals surface area (Å²) in [6, 6.07) is 12.7. The molecule has 9 heteroatoms. The molecule has 4 N–H and O–H groups in total. The van der Waals surface area contributed by atoms with Crippen LogP contribution in [0.4, 0.5) is 17.5 Å². The van der Waals surface area contributed by atoms with Crippen LogP contribution in [0.5, 0.6) is 0 Å². The molecule has 0 saturated carbocycles. The lowest BCUT2D eigenvalue weighted by Gasteiger charge is -2.36. The van der Waals surface area contributed by atoms with Crippen LogP contribution < -0.4 is 16.4 Å². The third-order valence-corrected chi connectivity index (χ3v) is 6.85. The van der Waals surface area contributed by atoms with Crippen LogP contribution in [0.25, 0.3) is 10.9 Å². The third kappa shape index (κ3) is 3.23. The first kappa shape index (κ1) is 18.5. The van der Waals surface area contributed by atoms with E-state index in [2.05, 4.69) is 14.9 Å². The fourth-order valence-electron chi connectivity index (χ4n) is 3.57. The molecule has 1 fully saturated rings. The Morgan fingerprint density at radius 3 is 2.39 bits per heavy atom. The standard InChI is InChI=1S/C19H22N6O2S/c1-13-4-2-5-14(12-13)28(26,27)25-10-8-24(9-11-25)16-7-3-6-15-17(16)18(20)23-19(21)22-15/h2-7,12H,8-11H2,1H3,(H4,20,21,22,23). The highest BCUT2D eigenvalue weighted by Gasteiger charge is 2.29. The Bertz CT molecular complexity index is 1140. The highest BCUT2D eigenvalue weighted by molar-refractivity contribution is 7.89. The summed E-state index contributed by atoms with van der Waals surface area (Å²) < 4.78 is 27.4. The van der Waals surface area contributed by atoms with Crippen LogP contribution in [-0.2, 0) is 10.0 Å². The summed E-state index contributed by atoms with van der Waals surface area (Å²) in [5.74, 6) is 0.462. The molecule has 3 aromatic rings. The van der Waals surface area contributed by atoms with E-state index in [1.165, 1.54) is 4.31 Å². The fourth-order valence-corrected chi connectivity index (χ4v) is 5.10. The molecule has 0 spiro atoms. The van der Waals surface area contributed by atoms with E-state index in [1.807, 2.05) is 31.2 Å². The van der Waals surface area contributed by atoms with Crippen molar-refractivity contribution in [2.24, 2.45) is 0 Å². The topological polar surface area (TPSA) is 118 Å². The minimum Gasteiger partial charge on any atom is -0.383 e. The van der Waals surface area contributed by atoms with Gasteiger partial charge in [-0.05, 0) is 36.8 Å². The minimum absolute atomic E-state index is 0.135. The molecule has 0 unspecified atom stereocenters. The van der Waals surface area contributed by atoms with E-state index in [-0.39, 0.29) is 5.95 Å². The second-order valence-corrected chi connectivity index (χ2v) is 8.78. The number of nitrogen functional groups attached to an aromatic ring is 2. The smallest absolute Gasteiger partial charge is 0.243 e. The average Bonchev–Trinajstić information content (AvgIpc) is 2.67. The SMILES string of the molecule is Cc1cccc(S(=O)(=O)N2CCN(c3cccc4nc(N)nc(N)c34)CC2)c1. The van der Waals surface area contributed by atoms with Gasteiger partial charge in [0.25, 0.3) is 0 Å². The summed E-state index contributed by atoms with van der Waals surface area (Å²) >= 11 is 0. The Kier molecular flexibility index (Phi) is 4.56. The van der Waals surface area contributed by atoms with Gasteiger partial charge in [0.05, 0.1) is 15.8 Å². The van der Waals surface area contributed by atoms with Gasteiger partial charge in [0.1, 0.15) is 5.82 Å². The molecule has 2 heterocycles. The first-order valence-electron chi connectivity index (χ1n) is 9.00. The van der Waals surface area contributed by atoms with Gasteiger partial charge in [0, 0.05) is 31.9 Å². The van der Waals surface area contributed by atoms with Crippen LogP contribution in [-0.4, -0.2) is 48.9 Å². The largest absolute Gasteiger partial charge is 0.383 e. The van der Waals surface area contributed by atoms with E-state index >= 15 is 0 Å². The first-order valence-corrected chi connectivity index (χ1v) is 10.4. The van der Waals surface area contributed by atoms with Crippen LogP contribution in [0.2, 0.25) is 0 Å². The number of nitrogens with zero attached hydrogens (tertiary/aromatic N) is 4. The van der Waals surface area contributed by atoms with Gasteiger partial charge >= 0.3 is 0 Å². The zero-order valence-corrected chi connectivity index (χ0v) is 16.4. The number of aromatic nitrogens is 2. The van der Waals surface area contributed by atoms with E-state index in [0.717, 1.165) is 16.6 Å². The van der Waals surface area contributed by atoms with Gasteiger partial charge in [-0.15, -0.1) is 0 Å². The van der Waals surface area contributed by atoms with Crippen LogP contribution in [0, 0.1) is 6.92 Å².